The molecule has 0 radical (unpaired) electrons. The summed E-state index contributed by atoms with van der Waals surface area (Å²) in [6.07, 6.45) is 0. The van der Waals surface area contributed by atoms with Gasteiger partial charge in [-0.05, 0) is 12.1 Å². The fourth-order valence-electron chi connectivity index (χ4n) is 1.35. The van der Waals surface area contributed by atoms with Crippen LogP contribution >= 0.6 is 11.6 Å². The van der Waals surface area contributed by atoms with E-state index >= 15 is 0 Å². The molecule has 6 heteroatoms. The normalized spacial score (nSPS) is 10.4. The van der Waals surface area contributed by atoms with Crippen LogP contribution in [0.1, 0.15) is 0 Å². The Morgan fingerprint density at radius 1 is 1.00 bits per heavy atom. The Balaban J connectivity index is 2.65. The predicted molar refractivity (Wildman–Crippen MR) is 60.4 cm³/mol. The minimum Gasteiger partial charge on any atom is -0.508 e. The molecule has 2 aromatic rings. The van der Waals surface area contributed by atoms with Crippen LogP contribution < -0.4 is 5.63 Å². The summed E-state index contributed by atoms with van der Waals surface area (Å²) < 4.78 is 4.82. The highest BCUT2D eigenvalue weighted by molar-refractivity contribution is 6.31. The summed E-state index contributed by atoms with van der Waals surface area (Å²) in [5.74, 6) is -0.835. The summed E-state index contributed by atoms with van der Waals surface area (Å²) in [4.78, 5) is 11.2. The predicted octanol–water partition coefficient (Wildman–Crippen LogP) is 2.08. The maximum Gasteiger partial charge on any atom is 0.359 e. The van der Waals surface area contributed by atoms with Gasteiger partial charge in [0.15, 0.2) is 5.02 Å². The van der Waals surface area contributed by atoms with Crippen LogP contribution in [-0.4, -0.2) is 15.3 Å². The van der Waals surface area contributed by atoms with Gasteiger partial charge in [-0.25, -0.2) is 4.79 Å². The molecule has 1 aromatic heterocycles. The van der Waals surface area contributed by atoms with Crippen molar-refractivity contribution in [2.45, 2.75) is 0 Å². The van der Waals surface area contributed by atoms with Gasteiger partial charge in [0.1, 0.15) is 23.0 Å². The van der Waals surface area contributed by atoms with Gasteiger partial charge < -0.3 is 19.7 Å². The van der Waals surface area contributed by atoms with E-state index in [0.717, 1.165) is 12.1 Å². The summed E-state index contributed by atoms with van der Waals surface area (Å²) in [5.41, 5.74) is -0.656. The van der Waals surface area contributed by atoms with E-state index < -0.39 is 16.4 Å². The standard InChI is InChI=1S/C11H7ClO5/c12-10-8(15)4-9(17-11(10)16)5-1-6(13)3-7(14)2-5/h1-4,13-15H. The molecular weight excluding hydrogens is 248 g/mol. The van der Waals surface area contributed by atoms with Crippen LogP contribution in [0.4, 0.5) is 0 Å². The molecule has 0 aliphatic heterocycles. The Morgan fingerprint density at radius 3 is 2.12 bits per heavy atom. The highest BCUT2D eigenvalue weighted by atomic mass is 35.5. The molecule has 0 unspecified atom stereocenters. The Hall–Kier alpha value is -2.14. The second-order valence-corrected chi connectivity index (χ2v) is 3.71. The van der Waals surface area contributed by atoms with Crippen molar-refractivity contribution < 1.29 is 19.7 Å². The van der Waals surface area contributed by atoms with E-state index in [1.54, 1.807) is 0 Å². The van der Waals surface area contributed by atoms with E-state index in [1.165, 1.54) is 12.1 Å². The van der Waals surface area contributed by atoms with Gasteiger partial charge in [-0.3, -0.25) is 0 Å². The molecule has 1 heterocycles. The van der Waals surface area contributed by atoms with Crippen LogP contribution in [0, 0.1) is 0 Å². The monoisotopic (exact) mass is 254 g/mol. The van der Waals surface area contributed by atoms with Gasteiger partial charge in [0.05, 0.1) is 0 Å². The van der Waals surface area contributed by atoms with Crippen LogP contribution in [0.25, 0.3) is 11.3 Å². The smallest absolute Gasteiger partial charge is 0.359 e. The number of rotatable bonds is 1. The van der Waals surface area contributed by atoms with Crippen LogP contribution in [0.3, 0.4) is 0 Å². The third-order valence-corrected chi connectivity index (χ3v) is 2.41. The van der Waals surface area contributed by atoms with Crippen molar-refractivity contribution in [1.82, 2.24) is 0 Å². The molecule has 0 saturated carbocycles. The van der Waals surface area contributed by atoms with Gasteiger partial charge in [-0.1, -0.05) is 11.6 Å². The molecule has 0 saturated heterocycles. The quantitative estimate of drug-likeness (QED) is 0.725. The summed E-state index contributed by atoms with van der Waals surface area (Å²) in [7, 11) is 0. The zero-order valence-corrected chi connectivity index (χ0v) is 9.10. The lowest BCUT2D eigenvalue weighted by molar-refractivity contribution is 0.445. The van der Waals surface area contributed by atoms with Gasteiger partial charge >= 0.3 is 5.63 Å². The zero-order valence-electron chi connectivity index (χ0n) is 8.35. The number of halogens is 1. The maximum atomic E-state index is 11.2. The molecule has 0 aliphatic carbocycles. The van der Waals surface area contributed by atoms with Crippen LogP contribution in [0.5, 0.6) is 17.2 Å². The van der Waals surface area contributed by atoms with Crippen molar-refractivity contribution in [3.63, 3.8) is 0 Å². The molecule has 5 nitrogen and oxygen atoms in total. The lowest BCUT2D eigenvalue weighted by atomic mass is 10.1. The van der Waals surface area contributed by atoms with Gasteiger partial charge in [-0.15, -0.1) is 0 Å². The lowest BCUT2D eigenvalue weighted by Crippen LogP contribution is -1.99. The lowest BCUT2D eigenvalue weighted by Gasteiger charge is -2.03. The average Bonchev–Trinajstić information content (AvgIpc) is 2.23. The van der Waals surface area contributed by atoms with E-state index in [0.29, 0.717) is 0 Å². The summed E-state index contributed by atoms with van der Waals surface area (Å²) in [6.45, 7) is 0. The molecule has 0 amide bonds. The van der Waals surface area contributed by atoms with E-state index in [1.807, 2.05) is 0 Å². The van der Waals surface area contributed by atoms with Crippen molar-refractivity contribution in [3.8, 4) is 28.6 Å². The minimum atomic E-state index is -0.899. The Kier molecular flexibility index (Phi) is 2.69. The first-order valence-corrected chi connectivity index (χ1v) is 4.91. The number of phenols is 2. The fraction of sp³-hybridized carbons (Fsp3) is 0. The average molecular weight is 255 g/mol. The topological polar surface area (TPSA) is 90.9 Å². The molecule has 3 N–H and O–H groups in total. The third-order valence-electron chi connectivity index (χ3n) is 2.06. The molecule has 0 bridgehead atoms. The first-order chi connectivity index (χ1) is 7.97. The minimum absolute atomic E-state index is 0.0110. The Bertz CT molecular complexity index is 612. The Labute approximate surface area is 100 Å². The number of benzene rings is 1. The van der Waals surface area contributed by atoms with Gasteiger partial charge in [0, 0.05) is 17.7 Å². The van der Waals surface area contributed by atoms with E-state index in [-0.39, 0.29) is 22.8 Å². The first kappa shape index (κ1) is 11.3. The largest absolute Gasteiger partial charge is 0.508 e. The van der Waals surface area contributed by atoms with Gasteiger partial charge in [0.25, 0.3) is 0 Å². The molecular formula is C11H7ClO5. The van der Waals surface area contributed by atoms with E-state index in [9.17, 15) is 20.1 Å². The molecule has 0 spiro atoms. The Morgan fingerprint density at radius 2 is 1.59 bits per heavy atom. The number of hydrogen-bond acceptors (Lipinski definition) is 5. The third kappa shape index (κ3) is 2.19. The van der Waals surface area contributed by atoms with E-state index in [4.69, 9.17) is 16.0 Å². The second-order valence-electron chi connectivity index (χ2n) is 3.34. The number of aromatic hydroxyl groups is 3. The number of phenolic OH excluding ortho intramolecular Hbond substituents is 2. The summed E-state index contributed by atoms with van der Waals surface area (Å²) >= 11 is 5.44. The second kappa shape index (κ2) is 4.03. The van der Waals surface area contributed by atoms with Gasteiger partial charge in [0.2, 0.25) is 0 Å². The zero-order chi connectivity index (χ0) is 12.6. The van der Waals surface area contributed by atoms with Crippen LogP contribution in [0.2, 0.25) is 5.02 Å². The van der Waals surface area contributed by atoms with Crippen molar-refractivity contribution in [2.75, 3.05) is 0 Å². The van der Waals surface area contributed by atoms with Crippen LogP contribution in [0.15, 0.2) is 33.5 Å². The first-order valence-electron chi connectivity index (χ1n) is 4.53. The summed E-state index contributed by atoms with van der Waals surface area (Å²) in [5, 5.41) is 27.5. The SMILES string of the molecule is O=c1oc(-c2cc(O)cc(O)c2)cc(O)c1Cl. The maximum absolute atomic E-state index is 11.2. The molecule has 17 heavy (non-hydrogen) atoms. The van der Waals surface area contributed by atoms with Crippen molar-refractivity contribution in [3.05, 3.63) is 39.7 Å². The van der Waals surface area contributed by atoms with E-state index in [2.05, 4.69) is 0 Å². The van der Waals surface area contributed by atoms with Crippen molar-refractivity contribution in [2.24, 2.45) is 0 Å². The highest BCUT2D eigenvalue weighted by Crippen LogP contribution is 2.31. The summed E-state index contributed by atoms with van der Waals surface area (Å²) in [6, 6.07) is 4.78. The molecule has 88 valence electrons. The molecule has 0 fully saturated rings. The fourth-order valence-corrected chi connectivity index (χ4v) is 1.44. The highest BCUT2D eigenvalue weighted by Gasteiger charge is 2.11. The van der Waals surface area contributed by atoms with Gasteiger partial charge in [-0.2, -0.15) is 0 Å². The molecule has 1 aromatic carbocycles. The van der Waals surface area contributed by atoms with Crippen molar-refractivity contribution >= 4 is 11.6 Å². The number of hydrogen-bond donors (Lipinski definition) is 3. The van der Waals surface area contributed by atoms with Crippen LogP contribution in [-0.2, 0) is 0 Å². The van der Waals surface area contributed by atoms with Crippen molar-refractivity contribution in [1.29, 1.82) is 0 Å². The molecule has 2 rings (SSSR count). The molecule has 0 atom stereocenters. The molecule has 0 aliphatic rings.